The second-order valence-electron chi connectivity index (χ2n) is 3.45. The Kier molecular flexibility index (Phi) is 1.14. The van der Waals surface area contributed by atoms with Crippen LogP contribution in [0.1, 0.15) is 26.2 Å². The minimum atomic E-state index is 0.972. The van der Waals surface area contributed by atoms with Gasteiger partial charge in [-0.15, -0.1) is 0 Å². The Labute approximate surface area is 57.0 Å². The van der Waals surface area contributed by atoms with Crippen LogP contribution < -0.4 is 0 Å². The van der Waals surface area contributed by atoms with Crippen LogP contribution >= 0.6 is 0 Å². The molecule has 2 aliphatic carbocycles. The summed E-state index contributed by atoms with van der Waals surface area (Å²) in [5.74, 6) is 2.99. The molecule has 0 nitrogen and oxygen atoms in total. The first-order valence-corrected chi connectivity index (χ1v) is 4.08. The van der Waals surface area contributed by atoms with Crippen molar-refractivity contribution in [2.24, 2.45) is 17.8 Å². The highest BCUT2D eigenvalue weighted by Crippen LogP contribution is 2.44. The topological polar surface area (TPSA) is 0 Å². The van der Waals surface area contributed by atoms with E-state index < -0.39 is 0 Å². The van der Waals surface area contributed by atoms with Crippen molar-refractivity contribution in [3.05, 3.63) is 12.2 Å². The van der Waals surface area contributed by atoms with Crippen molar-refractivity contribution in [3.8, 4) is 0 Å². The van der Waals surface area contributed by atoms with Crippen molar-refractivity contribution < 1.29 is 0 Å². The summed E-state index contributed by atoms with van der Waals surface area (Å²) in [7, 11) is 0. The molecule has 0 aromatic rings. The summed E-state index contributed by atoms with van der Waals surface area (Å²) in [6, 6.07) is 0. The molecular formula is C9H14. The molecule has 0 spiro atoms. The molecule has 50 valence electrons. The molecule has 0 aliphatic heterocycles. The normalized spacial score (nSPS) is 46.6. The van der Waals surface area contributed by atoms with E-state index in [1.54, 1.807) is 0 Å². The lowest BCUT2D eigenvalue weighted by atomic mass is 9.91. The van der Waals surface area contributed by atoms with Crippen molar-refractivity contribution >= 4 is 0 Å². The molecule has 2 bridgehead atoms. The number of rotatable bonds is 1. The van der Waals surface area contributed by atoms with Gasteiger partial charge in [0.15, 0.2) is 0 Å². The fourth-order valence-corrected chi connectivity index (χ4v) is 2.36. The summed E-state index contributed by atoms with van der Waals surface area (Å²) >= 11 is 0. The van der Waals surface area contributed by atoms with Crippen molar-refractivity contribution in [1.29, 1.82) is 0 Å². The molecule has 2 unspecified atom stereocenters. The van der Waals surface area contributed by atoms with Gasteiger partial charge in [-0.1, -0.05) is 25.5 Å². The van der Waals surface area contributed by atoms with E-state index in [1.807, 2.05) is 0 Å². The molecule has 0 saturated heterocycles. The van der Waals surface area contributed by atoms with Crippen LogP contribution in [0.15, 0.2) is 12.2 Å². The lowest BCUT2D eigenvalue weighted by Crippen LogP contribution is -2.04. The van der Waals surface area contributed by atoms with Gasteiger partial charge in [-0.3, -0.25) is 0 Å². The molecule has 0 heteroatoms. The average Bonchev–Trinajstić information content (AvgIpc) is 2.45. The fourth-order valence-electron chi connectivity index (χ4n) is 2.36. The summed E-state index contributed by atoms with van der Waals surface area (Å²) < 4.78 is 0. The third-order valence-corrected chi connectivity index (χ3v) is 2.94. The van der Waals surface area contributed by atoms with Crippen LogP contribution in [0.3, 0.4) is 0 Å². The first-order chi connectivity index (χ1) is 4.40. The standard InChI is InChI=1S/C9H14/c1-2-8-5-7-3-4-9(8)6-7/h3-4,7-9H,2,5-6H2,1H3/t7-,8?,9?/m1/s1. The van der Waals surface area contributed by atoms with Gasteiger partial charge in [0.2, 0.25) is 0 Å². The van der Waals surface area contributed by atoms with Crippen LogP contribution in [0, 0.1) is 17.8 Å². The highest BCUT2D eigenvalue weighted by molar-refractivity contribution is 5.09. The number of fused-ring (bicyclic) bond motifs is 2. The maximum absolute atomic E-state index is 2.43. The summed E-state index contributed by atoms with van der Waals surface area (Å²) in [5, 5.41) is 0. The second kappa shape index (κ2) is 1.86. The molecule has 2 rings (SSSR count). The Morgan fingerprint density at radius 1 is 1.33 bits per heavy atom. The van der Waals surface area contributed by atoms with Crippen molar-refractivity contribution in [2.45, 2.75) is 26.2 Å². The van der Waals surface area contributed by atoms with E-state index in [0.29, 0.717) is 0 Å². The molecule has 1 saturated carbocycles. The molecule has 2 aliphatic rings. The van der Waals surface area contributed by atoms with Crippen LogP contribution in [-0.2, 0) is 0 Å². The van der Waals surface area contributed by atoms with Crippen LogP contribution in [0.4, 0.5) is 0 Å². The van der Waals surface area contributed by atoms with Gasteiger partial charge in [0.1, 0.15) is 0 Å². The van der Waals surface area contributed by atoms with Gasteiger partial charge in [-0.25, -0.2) is 0 Å². The zero-order valence-electron chi connectivity index (χ0n) is 6.01. The highest BCUT2D eigenvalue weighted by Gasteiger charge is 2.33. The Hall–Kier alpha value is -0.260. The van der Waals surface area contributed by atoms with E-state index in [9.17, 15) is 0 Å². The predicted octanol–water partition coefficient (Wildman–Crippen LogP) is 2.61. The summed E-state index contributed by atoms with van der Waals surface area (Å²) in [6.45, 7) is 2.32. The molecule has 9 heavy (non-hydrogen) atoms. The van der Waals surface area contributed by atoms with E-state index in [2.05, 4.69) is 19.1 Å². The Morgan fingerprint density at radius 3 is 2.56 bits per heavy atom. The van der Waals surface area contributed by atoms with Crippen molar-refractivity contribution in [1.82, 2.24) is 0 Å². The van der Waals surface area contributed by atoms with Crippen LogP contribution in [0.2, 0.25) is 0 Å². The second-order valence-corrected chi connectivity index (χ2v) is 3.45. The molecular weight excluding hydrogens is 108 g/mol. The first kappa shape index (κ1) is 5.52. The zero-order chi connectivity index (χ0) is 6.27. The lowest BCUT2D eigenvalue weighted by molar-refractivity contribution is 0.434. The molecule has 3 atom stereocenters. The summed E-state index contributed by atoms with van der Waals surface area (Å²) in [6.07, 6.45) is 9.20. The molecule has 0 N–H and O–H groups in total. The number of hydrogen-bond acceptors (Lipinski definition) is 0. The third-order valence-electron chi connectivity index (χ3n) is 2.94. The molecule has 0 aromatic carbocycles. The van der Waals surface area contributed by atoms with E-state index in [-0.39, 0.29) is 0 Å². The molecule has 0 amide bonds. The summed E-state index contributed by atoms with van der Waals surface area (Å²) in [4.78, 5) is 0. The largest absolute Gasteiger partial charge is 0.0851 e. The SMILES string of the molecule is CCC1C[C@H]2C=CC1C2. The molecule has 0 radical (unpaired) electrons. The fraction of sp³-hybridized carbons (Fsp3) is 0.778. The monoisotopic (exact) mass is 122 g/mol. The van der Waals surface area contributed by atoms with Crippen LogP contribution in [-0.4, -0.2) is 0 Å². The van der Waals surface area contributed by atoms with E-state index in [1.165, 1.54) is 19.3 Å². The average molecular weight is 122 g/mol. The minimum absolute atomic E-state index is 0.972. The lowest BCUT2D eigenvalue weighted by Gasteiger charge is -2.14. The van der Waals surface area contributed by atoms with Crippen LogP contribution in [0.25, 0.3) is 0 Å². The van der Waals surface area contributed by atoms with E-state index >= 15 is 0 Å². The summed E-state index contributed by atoms with van der Waals surface area (Å²) in [5.41, 5.74) is 0. The Morgan fingerprint density at radius 2 is 2.22 bits per heavy atom. The molecule has 1 fully saturated rings. The smallest absolute Gasteiger partial charge is 0.0199 e. The van der Waals surface area contributed by atoms with Crippen LogP contribution in [0.5, 0.6) is 0 Å². The van der Waals surface area contributed by atoms with Gasteiger partial charge >= 0.3 is 0 Å². The van der Waals surface area contributed by atoms with Crippen molar-refractivity contribution in [3.63, 3.8) is 0 Å². The maximum atomic E-state index is 2.43. The number of allylic oxidation sites excluding steroid dienone is 2. The first-order valence-electron chi connectivity index (χ1n) is 4.08. The van der Waals surface area contributed by atoms with Gasteiger partial charge < -0.3 is 0 Å². The Balaban J connectivity index is 2.10. The highest BCUT2D eigenvalue weighted by atomic mass is 14.4. The quantitative estimate of drug-likeness (QED) is 0.469. The third kappa shape index (κ3) is 0.726. The number of hydrogen-bond donors (Lipinski definition) is 0. The molecule has 0 aromatic heterocycles. The minimum Gasteiger partial charge on any atom is -0.0851 e. The van der Waals surface area contributed by atoms with E-state index in [0.717, 1.165) is 17.8 Å². The van der Waals surface area contributed by atoms with Gasteiger partial charge in [0.25, 0.3) is 0 Å². The van der Waals surface area contributed by atoms with Gasteiger partial charge in [0.05, 0.1) is 0 Å². The van der Waals surface area contributed by atoms with E-state index in [4.69, 9.17) is 0 Å². The Bertz CT molecular complexity index is 135. The van der Waals surface area contributed by atoms with Gasteiger partial charge in [0, 0.05) is 0 Å². The zero-order valence-corrected chi connectivity index (χ0v) is 6.01. The van der Waals surface area contributed by atoms with Gasteiger partial charge in [-0.05, 0) is 30.6 Å². The molecule has 0 heterocycles. The maximum Gasteiger partial charge on any atom is -0.0199 e. The van der Waals surface area contributed by atoms with Crippen molar-refractivity contribution in [2.75, 3.05) is 0 Å². The van der Waals surface area contributed by atoms with Gasteiger partial charge in [-0.2, -0.15) is 0 Å². The predicted molar refractivity (Wildman–Crippen MR) is 39.1 cm³/mol.